The van der Waals surface area contributed by atoms with Crippen LogP contribution in [0.3, 0.4) is 0 Å². The lowest BCUT2D eigenvalue weighted by molar-refractivity contribution is -0.113. The maximum atomic E-state index is 12.3. The zero-order valence-electron chi connectivity index (χ0n) is 16.9. The van der Waals surface area contributed by atoms with E-state index in [1.165, 1.54) is 23.9 Å². The topological polar surface area (TPSA) is 106 Å². The summed E-state index contributed by atoms with van der Waals surface area (Å²) in [5.74, 6) is 0.277. The molecule has 31 heavy (non-hydrogen) atoms. The van der Waals surface area contributed by atoms with E-state index in [4.69, 9.17) is 9.84 Å². The number of thioether (sulfide) groups is 1. The fraction of sp³-hybridized carbons (Fsp3) is 0.182. The summed E-state index contributed by atoms with van der Waals surface area (Å²) in [5, 5.41) is 20.6. The lowest BCUT2D eigenvalue weighted by Crippen LogP contribution is -2.15. The Hall–Kier alpha value is -3.59. The Morgan fingerprint density at radius 3 is 2.61 bits per heavy atom. The first kappa shape index (κ1) is 22.1. The number of ether oxygens (including phenoxy) is 1. The number of carbonyl (C=O) groups excluding carboxylic acids is 1. The molecule has 0 radical (unpaired) electrons. The van der Waals surface area contributed by atoms with Gasteiger partial charge in [-0.2, -0.15) is 0 Å². The average molecular weight is 439 g/mol. The van der Waals surface area contributed by atoms with Crippen molar-refractivity contribution in [3.8, 4) is 5.75 Å². The SMILES string of the molecule is C=CCn1c(COc2ccccc2C)nnc1SCC(=O)Nc1ccc(C(=O)O)cc1. The summed E-state index contributed by atoms with van der Waals surface area (Å²) in [6.07, 6.45) is 1.73. The number of anilines is 1. The van der Waals surface area contributed by atoms with Crippen LogP contribution in [-0.2, 0) is 17.9 Å². The van der Waals surface area contributed by atoms with Crippen molar-refractivity contribution in [3.05, 3.63) is 78.1 Å². The van der Waals surface area contributed by atoms with Gasteiger partial charge in [-0.3, -0.25) is 9.36 Å². The average Bonchev–Trinajstić information content (AvgIpc) is 3.14. The van der Waals surface area contributed by atoms with Crippen molar-refractivity contribution in [1.82, 2.24) is 14.8 Å². The lowest BCUT2D eigenvalue weighted by atomic mass is 10.2. The van der Waals surface area contributed by atoms with Crippen LogP contribution in [-0.4, -0.2) is 37.5 Å². The van der Waals surface area contributed by atoms with Gasteiger partial charge in [0, 0.05) is 12.2 Å². The molecule has 3 aromatic rings. The fourth-order valence-corrected chi connectivity index (χ4v) is 3.50. The predicted molar refractivity (Wildman–Crippen MR) is 118 cm³/mol. The molecule has 0 fully saturated rings. The zero-order valence-corrected chi connectivity index (χ0v) is 17.8. The van der Waals surface area contributed by atoms with E-state index in [2.05, 4.69) is 22.1 Å². The van der Waals surface area contributed by atoms with Crippen LogP contribution < -0.4 is 10.1 Å². The minimum Gasteiger partial charge on any atom is -0.485 e. The molecule has 0 aliphatic heterocycles. The molecule has 9 heteroatoms. The van der Waals surface area contributed by atoms with Crippen LogP contribution >= 0.6 is 11.8 Å². The van der Waals surface area contributed by atoms with Crippen LogP contribution in [0.5, 0.6) is 5.75 Å². The molecule has 0 spiro atoms. The molecule has 0 saturated carbocycles. The van der Waals surface area contributed by atoms with E-state index in [-0.39, 0.29) is 23.8 Å². The van der Waals surface area contributed by atoms with Crippen LogP contribution in [0.2, 0.25) is 0 Å². The molecule has 0 aliphatic carbocycles. The number of nitrogens with one attached hydrogen (secondary N) is 1. The van der Waals surface area contributed by atoms with E-state index in [1.54, 1.807) is 18.2 Å². The monoisotopic (exact) mass is 438 g/mol. The third kappa shape index (κ3) is 5.95. The van der Waals surface area contributed by atoms with Gasteiger partial charge in [-0.25, -0.2) is 4.79 Å². The Morgan fingerprint density at radius 2 is 1.94 bits per heavy atom. The molecule has 3 rings (SSSR count). The number of para-hydroxylation sites is 1. The molecular weight excluding hydrogens is 416 g/mol. The molecule has 1 heterocycles. The number of hydrogen-bond acceptors (Lipinski definition) is 6. The highest BCUT2D eigenvalue weighted by atomic mass is 32.2. The Kier molecular flexibility index (Phi) is 7.45. The summed E-state index contributed by atoms with van der Waals surface area (Å²) in [6.45, 7) is 6.47. The van der Waals surface area contributed by atoms with Gasteiger partial charge in [0.1, 0.15) is 12.4 Å². The maximum absolute atomic E-state index is 12.3. The van der Waals surface area contributed by atoms with Crippen molar-refractivity contribution in [1.29, 1.82) is 0 Å². The lowest BCUT2D eigenvalue weighted by Gasteiger charge is -2.10. The van der Waals surface area contributed by atoms with Gasteiger partial charge in [-0.05, 0) is 42.8 Å². The molecule has 1 aromatic heterocycles. The summed E-state index contributed by atoms with van der Waals surface area (Å²) in [7, 11) is 0. The number of aryl methyl sites for hydroxylation is 1. The van der Waals surface area contributed by atoms with Crippen LogP contribution in [0.4, 0.5) is 5.69 Å². The molecule has 8 nitrogen and oxygen atoms in total. The minimum absolute atomic E-state index is 0.120. The van der Waals surface area contributed by atoms with Gasteiger partial charge < -0.3 is 15.2 Å². The number of amides is 1. The zero-order chi connectivity index (χ0) is 22.2. The summed E-state index contributed by atoms with van der Waals surface area (Å²) in [4.78, 5) is 23.2. The number of benzene rings is 2. The number of allylic oxidation sites excluding steroid dienone is 1. The molecule has 2 aromatic carbocycles. The smallest absolute Gasteiger partial charge is 0.335 e. The number of carboxylic acid groups (broad SMARTS) is 1. The fourth-order valence-electron chi connectivity index (χ4n) is 2.73. The highest BCUT2D eigenvalue weighted by Gasteiger charge is 2.15. The van der Waals surface area contributed by atoms with Gasteiger partial charge >= 0.3 is 5.97 Å². The maximum Gasteiger partial charge on any atom is 0.335 e. The van der Waals surface area contributed by atoms with E-state index < -0.39 is 5.97 Å². The molecule has 1 amide bonds. The molecule has 0 bridgehead atoms. The Morgan fingerprint density at radius 1 is 1.19 bits per heavy atom. The number of carbonyl (C=O) groups is 2. The normalized spacial score (nSPS) is 10.5. The summed E-state index contributed by atoms with van der Waals surface area (Å²) < 4.78 is 7.72. The first-order valence-electron chi connectivity index (χ1n) is 9.45. The van der Waals surface area contributed by atoms with E-state index >= 15 is 0 Å². The van der Waals surface area contributed by atoms with E-state index in [9.17, 15) is 9.59 Å². The quantitative estimate of drug-likeness (QED) is 0.366. The number of rotatable bonds is 10. The summed E-state index contributed by atoms with van der Waals surface area (Å²) in [6, 6.07) is 13.7. The van der Waals surface area contributed by atoms with Crippen LogP contribution in [0.15, 0.2) is 66.3 Å². The Labute approximate surface area is 184 Å². The van der Waals surface area contributed by atoms with Crippen molar-refractivity contribution < 1.29 is 19.4 Å². The van der Waals surface area contributed by atoms with Crippen molar-refractivity contribution in [2.45, 2.75) is 25.2 Å². The van der Waals surface area contributed by atoms with E-state index in [0.717, 1.165) is 11.3 Å². The molecule has 0 aliphatic rings. The molecule has 2 N–H and O–H groups in total. The van der Waals surface area contributed by atoms with Gasteiger partial charge in [0.15, 0.2) is 11.0 Å². The second-order valence-electron chi connectivity index (χ2n) is 6.57. The van der Waals surface area contributed by atoms with E-state index in [1.807, 2.05) is 35.8 Å². The molecule has 160 valence electrons. The number of aromatic nitrogens is 3. The summed E-state index contributed by atoms with van der Waals surface area (Å²) >= 11 is 1.25. The number of hydrogen-bond donors (Lipinski definition) is 2. The molecular formula is C22H22N4O4S. The first-order chi connectivity index (χ1) is 15.0. The highest BCUT2D eigenvalue weighted by Crippen LogP contribution is 2.21. The largest absolute Gasteiger partial charge is 0.485 e. The first-order valence-corrected chi connectivity index (χ1v) is 10.4. The second kappa shape index (κ2) is 10.4. The number of nitrogens with zero attached hydrogens (tertiary/aromatic N) is 3. The van der Waals surface area contributed by atoms with Crippen LogP contribution in [0, 0.1) is 6.92 Å². The predicted octanol–water partition coefficient (Wildman–Crippen LogP) is 3.78. The highest BCUT2D eigenvalue weighted by molar-refractivity contribution is 7.99. The molecule has 0 saturated heterocycles. The van der Waals surface area contributed by atoms with Gasteiger partial charge in [-0.15, -0.1) is 16.8 Å². The van der Waals surface area contributed by atoms with Crippen molar-refractivity contribution >= 4 is 29.3 Å². The molecule has 0 unspecified atom stereocenters. The van der Waals surface area contributed by atoms with Gasteiger partial charge in [0.25, 0.3) is 0 Å². The third-order valence-corrected chi connectivity index (χ3v) is 5.27. The standard InChI is InChI=1S/C22H22N4O4S/c1-3-12-26-19(13-30-18-7-5-4-6-15(18)2)24-25-22(26)31-14-20(27)23-17-10-8-16(9-11-17)21(28)29/h3-11H,1,12-14H2,2H3,(H,23,27)(H,28,29). The molecule has 0 atom stereocenters. The van der Waals surface area contributed by atoms with Crippen molar-refractivity contribution in [3.63, 3.8) is 0 Å². The van der Waals surface area contributed by atoms with Crippen LogP contribution in [0.25, 0.3) is 0 Å². The minimum atomic E-state index is -1.02. The second-order valence-corrected chi connectivity index (χ2v) is 7.51. The Balaban J connectivity index is 1.60. The van der Waals surface area contributed by atoms with Crippen molar-refractivity contribution in [2.24, 2.45) is 0 Å². The van der Waals surface area contributed by atoms with Crippen LogP contribution in [0.1, 0.15) is 21.7 Å². The Bertz CT molecular complexity index is 1080. The number of carboxylic acids is 1. The van der Waals surface area contributed by atoms with Crippen molar-refractivity contribution in [2.75, 3.05) is 11.1 Å². The number of aromatic carboxylic acids is 1. The third-order valence-electron chi connectivity index (χ3n) is 4.30. The van der Waals surface area contributed by atoms with Gasteiger partial charge in [-0.1, -0.05) is 36.0 Å². The van der Waals surface area contributed by atoms with Gasteiger partial charge in [0.2, 0.25) is 5.91 Å². The van der Waals surface area contributed by atoms with Gasteiger partial charge in [0.05, 0.1) is 11.3 Å². The summed E-state index contributed by atoms with van der Waals surface area (Å²) in [5.41, 5.74) is 1.71. The van der Waals surface area contributed by atoms with E-state index in [0.29, 0.717) is 23.2 Å².